The van der Waals surface area contributed by atoms with Crippen molar-refractivity contribution < 1.29 is 33.0 Å². The molecule has 556 valence electrons. The molecule has 0 N–H and O–H groups in total. The first-order valence-electron chi connectivity index (χ1n) is 32.5. The van der Waals surface area contributed by atoms with Gasteiger partial charge in [-0.25, -0.2) is 0 Å². The SMILES string of the molecule is Cc1cc(C)c(-[c+]2c3ccc([n-]3)c3ccc([n-]3)[c+](-c3c(C)cc(C)cc3C)c3cc4c5cc6[n-]c5c5[n-]c(cc5c5cc2[n-]c5c4[n-]3)[c+](-c2c(C)cc(C)cc2C)c2ccc([n-]2)c2ccc([n-]2)[c+]6-c2c(C)cc(C)cc2C)c(C)c1.ClC(Cl)C(Cl)Cl.ClC(Cl)C(Cl)Cl.ClC(Cl)C(Cl)Cl.ClC(Cl)C(Cl)Cl.[Ni+2].[Ni+2]. The van der Waals surface area contributed by atoms with Crippen LogP contribution in [0.25, 0.3) is 154 Å². The molecule has 0 saturated heterocycles. The zero-order valence-corrected chi connectivity index (χ0v) is 72.5. The maximum absolute atomic E-state index is 5.91. The standard InChI is InChI=1S/C72H56N8.4C2H2Cl4.2Ni/c1-33-21-37(5)61(38(6)22-33)65-53-17-13-49(73-53)50-14-18-54(74-50)66(62-39(7)23-34(2)24-40(62)8)59-31-47-48-32-60-68(64-43(11)27-36(4)28-44(64)12)56-20-16-52(76-56)51-15-19-55(75-51)67(63-41(9)25-35(3)26-42(63)10)58-30-46(71(79-58)72(48)80-60)45-29-57(65)77-69(45)70(47)78-59;4*3-1(4)2(5)6;;/h13-32H,1-12H3;4*1-2H;;/q-4;;;;;2*+2. The molecule has 15 rings (SSSR count). The molecule has 5 aromatic carbocycles. The molecule has 0 saturated carbocycles. The second kappa shape index (κ2) is 35.9. The molecule has 106 heavy (non-hydrogen) atoms. The molecule has 0 aliphatic rings. The van der Waals surface area contributed by atoms with Crippen molar-refractivity contribution in [3.8, 4) is 44.5 Å². The van der Waals surface area contributed by atoms with Gasteiger partial charge in [0.05, 0.1) is 22.3 Å². The first-order chi connectivity index (χ1) is 49.1. The molecule has 0 spiro atoms. The maximum atomic E-state index is 5.91. The molecule has 10 heterocycles. The Labute approximate surface area is 714 Å². The summed E-state index contributed by atoms with van der Waals surface area (Å²) in [5, 5.41) is 3.68. The zero-order chi connectivity index (χ0) is 75.5. The summed E-state index contributed by atoms with van der Waals surface area (Å²) in [6.07, 6.45) is 0. The Bertz CT molecular complexity index is 5040. The Morgan fingerprint density at radius 1 is 0.208 bits per heavy atom. The van der Waals surface area contributed by atoms with Gasteiger partial charge in [-0.05, 0) is 227 Å². The van der Waals surface area contributed by atoms with Gasteiger partial charge in [-0.3, -0.25) is 0 Å². The van der Waals surface area contributed by atoms with Crippen LogP contribution in [0.4, 0.5) is 0 Å². The van der Waals surface area contributed by atoms with Crippen molar-refractivity contribution in [2.75, 3.05) is 0 Å². The molecule has 0 aliphatic heterocycles. The van der Waals surface area contributed by atoms with E-state index in [9.17, 15) is 0 Å². The summed E-state index contributed by atoms with van der Waals surface area (Å²) in [6, 6.07) is 44.1. The van der Waals surface area contributed by atoms with Gasteiger partial charge in [-0.15, -0.1) is 230 Å². The molecular formula is C80H64Cl16N8Ni2. The van der Waals surface area contributed by atoms with Crippen molar-refractivity contribution in [3.05, 3.63) is 188 Å². The summed E-state index contributed by atoms with van der Waals surface area (Å²) in [5.41, 5.74) is 35.1. The molecule has 0 unspecified atom stereocenters. The van der Waals surface area contributed by atoms with E-state index >= 15 is 0 Å². The van der Waals surface area contributed by atoms with Crippen LogP contribution in [-0.2, 0) is 33.0 Å². The van der Waals surface area contributed by atoms with Gasteiger partial charge >= 0.3 is 33.0 Å². The fourth-order valence-corrected chi connectivity index (χ4v) is 14.2. The fourth-order valence-electron chi connectivity index (χ4n) is 14.2. The van der Waals surface area contributed by atoms with Gasteiger partial charge in [0.1, 0.15) is 38.7 Å². The molecule has 16 bridgehead atoms. The Kier molecular flexibility index (Phi) is 29.2. The van der Waals surface area contributed by atoms with Gasteiger partial charge in [0.25, 0.3) is 0 Å². The molecule has 10 aromatic heterocycles. The number of fused-ring (bicyclic) bond motifs is 16. The van der Waals surface area contributed by atoms with Crippen molar-refractivity contribution in [1.29, 1.82) is 0 Å². The largest absolute Gasteiger partial charge is 2.00 e. The van der Waals surface area contributed by atoms with E-state index < -0.39 is 38.7 Å². The topological polar surface area (TPSA) is 113 Å². The number of halogens is 16. The third-order valence-electron chi connectivity index (χ3n) is 17.7. The number of aryl methyl sites for hydroxylation is 12. The summed E-state index contributed by atoms with van der Waals surface area (Å²) in [4.78, 5) is 40.1. The number of rotatable bonds is 8. The van der Waals surface area contributed by atoms with Crippen LogP contribution in [0.2, 0.25) is 0 Å². The molecular weight excluding hydrogens is 1760 g/mol. The summed E-state index contributed by atoms with van der Waals surface area (Å²) < 4.78 is 0. The van der Waals surface area contributed by atoms with E-state index in [2.05, 4.69) is 204 Å². The first-order valence-corrected chi connectivity index (χ1v) is 39.5. The van der Waals surface area contributed by atoms with Gasteiger partial charge in [0.2, 0.25) is 0 Å². The van der Waals surface area contributed by atoms with E-state index in [0.29, 0.717) is 0 Å². The fraction of sp³-hybridized carbons (Fsp3) is 0.250. The van der Waals surface area contributed by atoms with Crippen molar-refractivity contribution in [2.24, 2.45) is 0 Å². The normalized spacial score (nSPS) is 11.7. The smallest absolute Gasteiger partial charge is 0.644 e. The molecule has 0 radical (unpaired) electrons. The van der Waals surface area contributed by atoms with Crippen LogP contribution in [0, 0.1) is 83.1 Å². The Morgan fingerprint density at radius 3 is 0.500 bits per heavy atom. The molecule has 15 aromatic rings. The van der Waals surface area contributed by atoms with E-state index in [-0.39, 0.29) is 33.0 Å². The predicted octanol–water partition coefficient (Wildman–Crippen LogP) is 27.3. The third kappa shape index (κ3) is 18.3. The van der Waals surface area contributed by atoms with Crippen LogP contribution < -0.4 is 39.9 Å². The van der Waals surface area contributed by atoms with E-state index in [4.69, 9.17) is 225 Å². The number of aromatic nitrogens is 8. The molecule has 0 amide bonds. The molecule has 26 heteroatoms. The first kappa shape index (κ1) is 86.2. The second-order valence-electron chi connectivity index (χ2n) is 25.7. The van der Waals surface area contributed by atoms with Crippen LogP contribution in [-0.4, -0.2) is 38.7 Å². The van der Waals surface area contributed by atoms with Crippen molar-refractivity contribution in [3.63, 3.8) is 0 Å². The molecule has 0 fully saturated rings. The summed E-state index contributed by atoms with van der Waals surface area (Å²) in [6.45, 7) is 26.2. The minimum absolute atomic E-state index is 0. The van der Waals surface area contributed by atoms with Crippen LogP contribution >= 0.6 is 186 Å². The Hall–Kier alpha value is -3.77. The number of hydrogen-bond donors (Lipinski definition) is 0. The molecule has 8 nitrogen and oxygen atoms in total. The van der Waals surface area contributed by atoms with Crippen LogP contribution in [0.1, 0.15) is 66.8 Å². The number of benzene rings is 4. The van der Waals surface area contributed by atoms with Gasteiger partial charge in [0, 0.05) is 88.3 Å². The summed E-state index contributed by atoms with van der Waals surface area (Å²) in [5.74, 6) is 0. The Morgan fingerprint density at radius 2 is 0.358 bits per heavy atom. The van der Waals surface area contributed by atoms with Gasteiger partial charge in [-0.2, -0.15) is 0 Å². The van der Waals surface area contributed by atoms with Crippen LogP contribution in [0.15, 0.2) is 121 Å². The molecule has 0 aliphatic carbocycles. The molecule has 0 atom stereocenters. The number of nitrogens with zero attached hydrogens (tertiary/aromatic N) is 8. The van der Waals surface area contributed by atoms with Gasteiger partial charge in [0.15, 0.2) is 0 Å². The third-order valence-corrected chi connectivity index (χ3v) is 23.8. The van der Waals surface area contributed by atoms with Gasteiger partial charge < -0.3 is 39.9 Å². The quantitative estimate of drug-likeness (QED) is 0.0840. The van der Waals surface area contributed by atoms with E-state index in [0.717, 1.165) is 199 Å². The average Bonchev–Trinajstić information content (AvgIpc) is 1.55. The van der Waals surface area contributed by atoms with E-state index in [1.54, 1.807) is 0 Å². The monoisotopic (exact) mass is 1810 g/mol. The average molecular weight is 1820 g/mol. The second-order valence-corrected chi connectivity index (χ2v) is 35.1. The Balaban J connectivity index is 0.000000435. The van der Waals surface area contributed by atoms with Gasteiger partial charge in [-0.1, -0.05) is 44.1 Å². The number of hydrogen-bond acceptors (Lipinski definition) is 0. The minimum Gasteiger partial charge on any atom is -0.644 e. The van der Waals surface area contributed by atoms with E-state index in [1.807, 2.05) is 0 Å². The van der Waals surface area contributed by atoms with Crippen molar-refractivity contribution >= 4 is 295 Å². The minimum atomic E-state index is -0.673. The van der Waals surface area contributed by atoms with Crippen molar-refractivity contribution in [2.45, 2.75) is 122 Å². The zero-order valence-electron chi connectivity index (χ0n) is 58.4. The van der Waals surface area contributed by atoms with Crippen LogP contribution in [0.3, 0.4) is 0 Å². The van der Waals surface area contributed by atoms with Crippen molar-refractivity contribution in [1.82, 2.24) is 39.9 Å². The maximum Gasteiger partial charge on any atom is 2.00 e. The van der Waals surface area contributed by atoms with Crippen LogP contribution in [0.5, 0.6) is 0 Å². The predicted molar refractivity (Wildman–Crippen MR) is 457 cm³/mol. The summed E-state index contributed by atoms with van der Waals surface area (Å²) >= 11 is 81.8. The summed E-state index contributed by atoms with van der Waals surface area (Å²) in [7, 11) is 0. The van der Waals surface area contributed by atoms with E-state index in [1.165, 1.54) is 22.3 Å². The number of alkyl halides is 16.